The summed E-state index contributed by atoms with van der Waals surface area (Å²) in [7, 11) is 2.08. The summed E-state index contributed by atoms with van der Waals surface area (Å²) in [6.07, 6.45) is 6.25. The lowest BCUT2D eigenvalue weighted by Gasteiger charge is -2.37. The van der Waals surface area contributed by atoms with Crippen molar-refractivity contribution in [2.75, 3.05) is 11.9 Å². The average molecular weight is 278 g/mol. The minimum Gasteiger partial charge on any atom is -0.371 e. The van der Waals surface area contributed by atoms with Crippen molar-refractivity contribution >= 4 is 5.69 Å². The minimum atomic E-state index is -0.277. The van der Waals surface area contributed by atoms with Gasteiger partial charge in [0.15, 0.2) is 0 Å². The Bertz CT molecular complexity index is 437. The standard InChI is InChI=1S/C17H27FN2/c1-4-13-8-10-14(11-9-13)20(3)16-7-5-6-15(18)17(16)12(2)19/h5-7,12-14H,4,8-11,19H2,1-3H3/t12-,13?,14?/m0/s1. The van der Waals surface area contributed by atoms with Crippen LogP contribution in [0.2, 0.25) is 0 Å². The third-order valence-corrected chi connectivity index (χ3v) is 4.81. The molecule has 1 saturated carbocycles. The highest BCUT2D eigenvalue weighted by Gasteiger charge is 2.25. The molecule has 0 heterocycles. The Kier molecular flexibility index (Phi) is 5.03. The van der Waals surface area contributed by atoms with Crippen molar-refractivity contribution in [1.29, 1.82) is 0 Å². The molecule has 0 amide bonds. The summed E-state index contributed by atoms with van der Waals surface area (Å²) < 4.78 is 14.0. The molecule has 0 spiro atoms. The Labute approximate surface area is 122 Å². The van der Waals surface area contributed by atoms with Crippen LogP contribution >= 0.6 is 0 Å². The van der Waals surface area contributed by atoms with Crippen molar-refractivity contribution in [2.24, 2.45) is 11.7 Å². The summed E-state index contributed by atoms with van der Waals surface area (Å²) in [6.45, 7) is 4.12. The van der Waals surface area contributed by atoms with Gasteiger partial charge < -0.3 is 10.6 Å². The van der Waals surface area contributed by atoms with Crippen molar-refractivity contribution in [1.82, 2.24) is 0 Å². The number of rotatable bonds is 4. The monoisotopic (exact) mass is 278 g/mol. The number of hydrogen-bond acceptors (Lipinski definition) is 2. The zero-order valence-electron chi connectivity index (χ0n) is 12.9. The van der Waals surface area contributed by atoms with E-state index in [4.69, 9.17) is 5.73 Å². The largest absolute Gasteiger partial charge is 0.371 e. The van der Waals surface area contributed by atoms with Crippen LogP contribution in [0, 0.1) is 11.7 Å². The summed E-state index contributed by atoms with van der Waals surface area (Å²) in [5.41, 5.74) is 7.56. The first-order valence-corrected chi connectivity index (χ1v) is 7.81. The highest BCUT2D eigenvalue weighted by molar-refractivity contribution is 5.55. The van der Waals surface area contributed by atoms with Crippen molar-refractivity contribution in [3.8, 4) is 0 Å². The predicted molar refractivity (Wildman–Crippen MR) is 83.4 cm³/mol. The molecule has 1 atom stereocenters. The van der Waals surface area contributed by atoms with E-state index in [1.54, 1.807) is 6.07 Å². The number of nitrogens with two attached hydrogens (primary N) is 1. The van der Waals surface area contributed by atoms with E-state index in [1.807, 2.05) is 13.0 Å². The Morgan fingerprint density at radius 3 is 2.50 bits per heavy atom. The van der Waals surface area contributed by atoms with Crippen LogP contribution in [0.25, 0.3) is 0 Å². The van der Waals surface area contributed by atoms with Crippen LogP contribution in [-0.4, -0.2) is 13.1 Å². The lowest BCUT2D eigenvalue weighted by atomic mass is 9.83. The van der Waals surface area contributed by atoms with Gasteiger partial charge in [-0.3, -0.25) is 0 Å². The molecule has 0 radical (unpaired) electrons. The summed E-state index contributed by atoms with van der Waals surface area (Å²) in [4.78, 5) is 2.24. The van der Waals surface area contributed by atoms with E-state index in [0.29, 0.717) is 11.6 Å². The van der Waals surface area contributed by atoms with Crippen molar-refractivity contribution in [2.45, 2.75) is 58.0 Å². The van der Waals surface area contributed by atoms with E-state index in [1.165, 1.54) is 38.2 Å². The SMILES string of the molecule is CCC1CCC(N(C)c2cccc(F)c2[C@H](C)N)CC1. The molecule has 112 valence electrons. The van der Waals surface area contributed by atoms with Gasteiger partial charge >= 0.3 is 0 Å². The maximum atomic E-state index is 14.0. The molecule has 1 aliphatic carbocycles. The molecule has 0 aromatic heterocycles. The van der Waals surface area contributed by atoms with Crippen molar-refractivity contribution in [3.63, 3.8) is 0 Å². The average Bonchev–Trinajstić information content (AvgIpc) is 2.46. The molecular formula is C17H27FN2. The van der Waals surface area contributed by atoms with E-state index in [0.717, 1.165) is 11.6 Å². The van der Waals surface area contributed by atoms with Gasteiger partial charge in [0.2, 0.25) is 0 Å². The second kappa shape index (κ2) is 6.57. The van der Waals surface area contributed by atoms with Crippen LogP contribution in [0.1, 0.15) is 57.6 Å². The summed E-state index contributed by atoms with van der Waals surface area (Å²) >= 11 is 0. The topological polar surface area (TPSA) is 29.3 Å². The van der Waals surface area contributed by atoms with Crippen LogP contribution in [0.4, 0.5) is 10.1 Å². The van der Waals surface area contributed by atoms with Crippen LogP contribution in [-0.2, 0) is 0 Å². The second-order valence-electron chi connectivity index (χ2n) is 6.16. The van der Waals surface area contributed by atoms with E-state index in [2.05, 4.69) is 18.9 Å². The molecule has 3 heteroatoms. The number of benzene rings is 1. The van der Waals surface area contributed by atoms with Crippen molar-refractivity contribution < 1.29 is 4.39 Å². The summed E-state index contributed by atoms with van der Waals surface area (Å²) in [5, 5.41) is 0. The van der Waals surface area contributed by atoms with Gasteiger partial charge in [-0.15, -0.1) is 0 Å². The first kappa shape index (κ1) is 15.3. The van der Waals surface area contributed by atoms with Gasteiger partial charge in [-0.05, 0) is 50.7 Å². The van der Waals surface area contributed by atoms with Crippen LogP contribution in [0.5, 0.6) is 0 Å². The van der Waals surface area contributed by atoms with Gasteiger partial charge in [-0.2, -0.15) is 0 Å². The van der Waals surface area contributed by atoms with Gasteiger partial charge in [-0.25, -0.2) is 4.39 Å². The lowest BCUT2D eigenvalue weighted by Crippen LogP contribution is -2.36. The zero-order chi connectivity index (χ0) is 14.7. The van der Waals surface area contributed by atoms with Crippen LogP contribution < -0.4 is 10.6 Å². The molecule has 0 saturated heterocycles. The molecular weight excluding hydrogens is 251 g/mol. The molecule has 0 bridgehead atoms. The maximum absolute atomic E-state index is 14.0. The first-order valence-electron chi connectivity index (χ1n) is 7.81. The van der Waals surface area contributed by atoms with Gasteiger partial charge in [-0.1, -0.05) is 19.4 Å². The molecule has 1 aliphatic rings. The Morgan fingerprint density at radius 2 is 1.95 bits per heavy atom. The Hall–Kier alpha value is -1.09. The summed E-state index contributed by atoms with van der Waals surface area (Å²) in [5.74, 6) is 0.687. The molecule has 2 nitrogen and oxygen atoms in total. The minimum absolute atomic E-state index is 0.188. The van der Waals surface area contributed by atoms with E-state index in [9.17, 15) is 4.39 Å². The highest BCUT2D eigenvalue weighted by Crippen LogP contribution is 2.34. The third-order valence-electron chi connectivity index (χ3n) is 4.81. The molecule has 1 aromatic carbocycles. The first-order chi connectivity index (χ1) is 9.54. The fourth-order valence-electron chi connectivity index (χ4n) is 3.42. The van der Waals surface area contributed by atoms with Gasteiger partial charge in [0.25, 0.3) is 0 Å². The molecule has 0 aliphatic heterocycles. The quantitative estimate of drug-likeness (QED) is 0.892. The Morgan fingerprint density at radius 1 is 1.30 bits per heavy atom. The van der Waals surface area contributed by atoms with E-state index < -0.39 is 0 Å². The van der Waals surface area contributed by atoms with Crippen LogP contribution in [0.3, 0.4) is 0 Å². The Balaban J connectivity index is 2.17. The summed E-state index contributed by atoms with van der Waals surface area (Å²) in [6, 6.07) is 5.51. The highest BCUT2D eigenvalue weighted by atomic mass is 19.1. The fourth-order valence-corrected chi connectivity index (χ4v) is 3.42. The molecule has 0 unspecified atom stereocenters. The number of nitrogens with zero attached hydrogens (tertiary/aromatic N) is 1. The molecule has 1 fully saturated rings. The normalized spacial score (nSPS) is 24.4. The van der Waals surface area contributed by atoms with Gasteiger partial charge in [0.1, 0.15) is 5.82 Å². The van der Waals surface area contributed by atoms with Crippen molar-refractivity contribution in [3.05, 3.63) is 29.6 Å². The zero-order valence-corrected chi connectivity index (χ0v) is 12.9. The third kappa shape index (κ3) is 3.14. The maximum Gasteiger partial charge on any atom is 0.130 e. The van der Waals surface area contributed by atoms with E-state index in [-0.39, 0.29) is 11.9 Å². The number of halogens is 1. The lowest BCUT2D eigenvalue weighted by molar-refractivity contribution is 0.313. The van der Waals surface area contributed by atoms with Gasteiger partial charge in [0.05, 0.1) is 0 Å². The molecule has 20 heavy (non-hydrogen) atoms. The fraction of sp³-hybridized carbons (Fsp3) is 0.647. The molecule has 1 aromatic rings. The van der Waals surface area contributed by atoms with Crippen LogP contribution in [0.15, 0.2) is 18.2 Å². The number of anilines is 1. The predicted octanol–water partition coefficient (Wildman–Crippen LogP) is 4.25. The second-order valence-corrected chi connectivity index (χ2v) is 6.16. The molecule has 2 rings (SSSR count). The van der Waals surface area contributed by atoms with Gasteiger partial charge in [0, 0.05) is 30.4 Å². The molecule has 2 N–H and O–H groups in total. The van der Waals surface area contributed by atoms with E-state index >= 15 is 0 Å². The number of hydrogen-bond donors (Lipinski definition) is 1. The smallest absolute Gasteiger partial charge is 0.130 e.